The molecule has 0 spiro atoms. The number of nitrogens with zero attached hydrogens (tertiary/aromatic N) is 1. The van der Waals surface area contributed by atoms with Gasteiger partial charge in [0.15, 0.2) is 0 Å². The van der Waals surface area contributed by atoms with E-state index < -0.39 is 6.36 Å². The molecule has 0 fully saturated rings. The summed E-state index contributed by atoms with van der Waals surface area (Å²) >= 11 is 0. The van der Waals surface area contributed by atoms with Gasteiger partial charge < -0.3 is 15.6 Å². The summed E-state index contributed by atoms with van der Waals surface area (Å²) in [5, 5.41) is 9.05. The second kappa shape index (κ2) is 5.38. The monoisotopic (exact) mass is 284 g/mol. The summed E-state index contributed by atoms with van der Waals surface area (Å²) in [7, 11) is 0. The van der Waals surface area contributed by atoms with Gasteiger partial charge in [0.2, 0.25) is 0 Å². The van der Waals surface area contributed by atoms with Crippen LogP contribution in [0.2, 0.25) is 0 Å². The van der Waals surface area contributed by atoms with Crippen LogP contribution in [-0.4, -0.2) is 16.5 Å². The van der Waals surface area contributed by atoms with Crippen LogP contribution in [0.15, 0.2) is 36.5 Å². The van der Waals surface area contributed by atoms with E-state index in [9.17, 15) is 13.2 Å². The van der Waals surface area contributed by atoms with Crippen molar-refractivity contribution >= 4 is 5.82 Å². The highest BCUT2D eigenvalue weighted by atomic mass is 19.4. The van der Waals surface area contributed by atoms with E-state index in [0.29, 0.717) is 16.7 Å². The molecule has 0 aliphatic carbocycles. The molecule has 0 aliphatic rings. The van der Waals surface area contributed by atoms with Crippen LogP contribution >= 0.6 is 0 Å². The zero-order chi connectivity index (χ0) is 14.8. The maximum Gasteiger partial charge on any atom is 0.573 e. The molecule has 7 heteroatoms. The Hall–Kier alpha value is -2.28. The number of hydrogen-bond donors (Lipinski definition) is 2. The normalized spacial score (nSPS) is 11.4. The molecule has 0 atom stereocenters. The molecule has 106 valence electrons. The first-order chi connectivity index (χ1) is 9.39. The number of pyridine rings is 1. The Balaban J connectivity index is 2.40. The molecule has 1 heterocycles. The Morgan fingerprint density at radius 3 is 2.65 bits per heavy atom. The minimum atomic E-state index is -4.75. The molecule has 1 aromatic carbocycles. The molecular weight excluding hydrogens is 273 g/mol. The first kappa shape index (κ1) is 14.1. The van der Waals surface area contributed by atoms with Gasteiger partial charge in [-0.1, -0.05) is 12.1 Å². The van der Waals surface area contributed by atoms with Crippen molar-refractivity contribution in [3.63, 3.8) is 0 Å². The molecule has 0 amide bonds. The van der Waals surface area contributed by atoms with Crippen LogP contribution in [0.5, 0.6) is 5.75 Å². The van der Waals surface area contributed by atoms with Gasteiger partial charge in [-0.2, -0.15) is 0 Å². The number of hydrogen-bond acceptors (Lipinski definition) is 4. The van der Waals surface area contributed by atoms with Crippen molar-refractivity contribution in [3.05, 3.63) is 42.1 Å². The Bertz CT molecular complexity index is 615. The molecule has 0 radical (unpaired) electrons. The van der Waals surface area contributed by atoms with E-state index in [1.54, 1.807) is 12.1 Å². The van der Waals surface area contributed by atoms with Crippen LogP contribution < -0.4 is 10.5 Å². The predicted octanol–water partition coefficient (Wildman–Crippen LogP) is 2.72. The van der Waals surface area contributed by atoms with E-state index in [-0.39, 0.29) is 18.2 Å². The topological polar surface area (TPSA) is 68.4 Å². The van der Waals surface area contributed by atoms with Crippen LogP contribution in [0, 0.1) is 0 Å². The maximum atomic E-state index is 12.2. The fourth-order valence-corrected chi connectivity index (χ4v) is 1.70. The number of aromatic nitrogens is 1. The summed E-state index contributed by atoms with van der Waals surface area (Å²) in [6.07, 6.45) is -3.36. The Morgan fingerprint density at radius 2 is 2.00 bits per heavy atom. The lowest BCUT2D eigenvalue weighted by Gasteiger charge is -2.11. The SMILES string of the molecule is Nc1ncc(CO)cc1-c1cccc(OC(F)(F)F)c1. The van der Waals surface area contributed by atoms with Crippen LogP contribution in [0.3, 0.4) is 0 Å². The lowest BCUT2D eigenvalue weighted by molar-refractivity contribution is -0.274. The molecule has 3 N–H and O–H groups in total. The molecule has 0 aliphatic heterocycles. The molecule has 0 bridgehead atoms. The molecule has 20 heavy (non-hydrogen) atoms. The van der Waals surface area contributed by atoms with E-state index in [1.165, 1.54) is 24.4 Å². The van der Waals surface area contributed by atoms with Gasteiger partial charge in [0.1, 0.15) is 11.6 Å². The summed E-state index contributed by atoms with van der Waals surface area (Å²) in [5.74, 6) is -0.185. The Labute approximate surface area is 112 Å². The zero-order valence-electron chi connectivity index (χ0n) is 10.2. The fraction of sp³-hybridized carbons (Fsp3) is 0.154. The van der Waals surface area contributed by atoms with Crippen molar-refractivity contribution in [2.24, 2.45) is 0 Å². The number of rotatable bonds is 3. The molecule has 0 saturated heterocycles. The van der Waals surface area contributed by atoms with Crippen molar-refractivity contribution in [3.8, 4) is 16.9 Å². The van der Waals surface area contributed by atoms with Crippen LogP contribution in [-0.2, 0) is 6.61 Å². The number of benzene rings is 1. The number of ether oxygens (including phenoxy) is 1. The van der Waals surface area contributed by atoms with Crippen LogP contribution in [0.25, 0.3) is 11.1 Å². The molecular formula is C13H11F3N2O2. The number of nitrogens with two attached hydrogens (primary N) is 1. The molecule has 2 aromatic rings. The number of nitrogen functional groups attached to an aromatic ring is 1. The number of aliphatic hydroxyl groups excluding tert-OH is 1. The number of aliphatic hydroxyl groups is 1. The number of alkyl halides is 3. The summed E-state index contributed by atoms with van der Waals surface area (Å²) < 4.78 is 40.4. The third-order valence-electron chi connectivity index (χ3n) is 2.54. The van der Waals surface area contributed by atoms with E-state index in [0.717, 1.165) is 0 Å². The van der Waals surface area contributed by atoms with Gasteiger partial charge in [0, 0.05) is 11.8 Å². The van der Waals surface area contributed by atoms with Gasteiger partial charge >= 0.3 is 6.36 Å². The third kappa shape index (κ3) is 3.39. The summed E-state index contributed by atoms with van der Waals surface area (Å²) in [6.45, 7) is -0.237. The van der Waals surface area contributed by atoms with Crippen molar-refractivity contribution < 1.29 is 23.0 Å². The quantitative estimate of drug-likeness (QED) is 0.909. The average Bonchev–Trinajstić information content (AvgIpc) is 2.37. The van der Waals surface area contributed by atoms with Crippen LogP contribution in [0.1, 0.15) is 5.56 Å². The predicted molar refractivity (Wildman–Crippen MR) is 66.7 cm³/mol. The number of anilines is 1. The van der Waals surface area contributed by atoms with Crippen molar-refractivity contribution in [1.82, 2.24) is 4.98 Å². The molecule has 0 saturated carbocycles. The summed E-state index contributed by atoms with van der Waals surface area (Å²) in [4.78, 5) is 3.89. The highest BCUT2D eigenvalue weighted by Gasteiger charge is 2.31. The first-order valence-corrected chi connectivity index (χ1v) is 5.60. The van der Waals surface area contributed by atoms with Gasteiger partial charge in [-0.05, 0) is 29.3 Å². The van der Waals surface area contributed by atoms with E-state index in [1.807, 2.05) is 0 Å². The van der Waals surface area contributed by atoms with Gasteiger partial charge in [0.25, 0.3) is 0 Å². The summed E-state index contributed by atoms with van der Waals surface area (Å²) in [6, 6.07) is 6.97. The standard InChI is InChI=1S/C13H11F3N2O2/c14-13(15,16)20-10-3-1-2-9(5-10)11-4-8(7-19)6-18-12(11)17/h1-6,19H,7H2,(H2,17,18). The average molecular weight is 284 g/mol. The zero-order valence-corrected chi connectivity index (χ0v) is 10.2. The maximum absolute atomic E-state index is 12.2. The molecule has 1 aromatic heterocycles. The van der Waals surface area contributed by atoms with E-state index in [2.05, 4.69) is 9.72 Å². The molecule has 4 nitrogen and oxygen atoms in total. The smallest absolute Gasteiger partial charge is 0.406 e. The first-order valence-electron chi connectivity index (χ1n) is 5.60. The minimum absolute atomic E-state index is 0.159. The van der Waals surface area contributed by atoms with Gasteiger partial charge in [-0.25, -0.2) is 4.98 Å². The van der Waals surface area contributed by atoms with Crippen molar-refractivity contribution in [2.75, 3.05) is 5.73 Å². The van der Waals surface area contributed by atoms with Crippen LogP contribution in [0.4, 0.5) is 19.0 Å². The van der Waals surface area contributed by atoms with Gasteiger partial charge in [0.05, 0.1) is 6.61 Å². The fourth-order valence-electron chi connectivity index (χ4n) is 1.70. The number of halogens is 3. The van der Waals surface area contributed by atoms with E-state index in [4.69, 9.17) is 10.8 Å². The van der Waals surface area contributed by atoms with Crippen molar-refractivity contribution in [1.29, 1.82) is 0 Å². The second-order valence-electron chi connectivity index (χ2n) is 4.01. The van der Waals surface area contributed by atoms with Crippen molar-refractivity contribution in [2.45, 2.75) is 13.0 Å². The second-order valence-corrected chi connectivity index (χ2v) is 4.01. The highest BCUT2D eigenvalue weighted by molar-refractivity contribution is 5.75. The molecule has 2 rings (SSSR count). The minimum Gasteiger partial charge on any atom is -0.406 e. The largest absolute Gasteiger partial charge is 0.573 e. The third-order valence-corrected chi connectivity index (χ3v) is 2.54. The van der Waals surface area contributed by atoms with E-state index >= 15 is 0 Å². The highest BCUT2D eigenvalue weighted by Crippen LogP contribution is 2.30. The molecule has 0 unspecified atom stereocenters. The summed E-state index contributed by atoms with van der Waals surface area (Å²) in [5.41, 5.74) is 7.07. The van der Waals surface area contributed by atoms with Gasteiger partial charge in [-0.15, -0.1) is 13.2 Å². The Morgan fingerprint density at radius 1 is 1.25 bits per heavy atom. The Kier molecular flexibility index (Phi) is 3.80. The lowest BCUT2D eigenvalue weighted by atomic mass is 10.0. The van der Waals surface area contributed by atoms with Gasteiger partial charge in [-0.3, -0.25) is 0 Å². The lowest BCUT2D eigenvalue weighted by Crippen LogP contribution is -2.17.